The van der Waals surface area contributed by atoms with Crippen molar-refractivity contribution in [2.75, 3.05) is 24.2 Å². The topological polar surface area (TPSA) is 122 Å². The summed E-state index contributed by atoms with van der Waals surface area (Å²) in [6.07, 6.45) is -0.0690. The molecular formula is C15H22N2O6S. The number of benzene rings is 1. The first kappa shape index (κ1) is 20.1. The molecule has 0 bridgehead atoms. The predicted octanol–water partition coefficient (Wildman–Crippen LogP) is 0.976. The van der Waals surface area contributed by atoms with Crippen LogP contribution in [0.4, 0.5) is 5.69 Å². The highest BCUT2D eigenvalue weighted by atomic mass is 32.2. The van der Waals surface area contributed by atoms with Gasteiger partial charge in [-0.15, -0.1) is 0 Å². The van der Waals surface area contributed by atoms with Crippen LogP contribution < -0.4 is 10.0 Å². The Bertz CT molecular complexity index is 700. The summed E-state index contributed by atoms with van der Waals surface area (Å²) >= 11 is 0. The fourth-order valence-corrected chi connectivity index (χ4v) is 2.64. The Morgan fingerprint density at radius 2 is 1.96 bits per heavy atom. The van der Waals surface area contributed by atoms with Gasteiger partial charge in [0, 0.05) is 5.69 Å². The molecule has 0 fully saturated rings. The molecule has 0 aliphatic carbocycles. The number of rotatable bonds is 9. The molecule has 0 spiro atoms. The third-order valence-electron chi connectivity index (χ3n) is 3.00. The van der Waals surface area contributed by atoms with Crippen LogP contribution >= 0.6 is 0 Å². The minimum atomic E-state index is -3.60. The van der Waals surface area contributed by atoms with Crippen LogP contribution in [0.25, 0.3) is 0 Å². The maximum absolute atomic E-state index is 11.8. The number of amides is 1. The molecule has 9 heteroatoms. The summed E-state index contributed by atoms with van der Waals surface area (Å²) < 4.78 is 30.8. The third kappa shape index (κ3) is 7.07. The molecule has 0 aromatic heterocycles. The average Bonchev–Trinajstić information content (AvgIpc) is 2.44. The molecule has 0 saturated carbocycles. The highest BCUT2D eigenvalue weighted by Gasteiger charge is 2.14. The number of hydrogen-bond donors (Lipinski definition) is 3. The van der Waals surface area contributed by atoms with Crippen LogP contribution in [0.1, 0.15) is 29.8 Å². The molecule has 1 aromatic rings. The predicted molar refractivity (Wildman–Crippen MR) is 89.6 cm³/mol. The van der Waals surface area contributed by atoms with E-state index in [0.717, 1.165) is 0 Å². The van der Waals surface area contributed by atoms with Gasteiger partial charge in [-0.2, -0.15) is 0 Å². The normalized spacial score (nSPS) is 11.5. The number of ether oxygens (including phenoxy) is 1. The van der Waals surface area contributed by atoms with Crippen molar-refractivity contribution in [2.24, 2.45) is 0 Å². The Balaban J connectivity index is 2.52. The number of anilines is 1. The molecule has 24 heavy (non-hydrogen) atoms. The Kier molecular flexibility index (Phi) is 7.33. The quantitative estimate of drug-likeness (QED) is 0.605. The van der Waals surface area contributed by atoms with E-state index in [4.69, 9.17) is 9.84 Å². The molecule has 0 aliphatic heterocycles. The van der Waals surface area contributed by atoms with Gasteiger partial charge in [-0.1, -0.05) is 0 Å². The molecule has 1 aromatic carbocycles. The summed E-state index contributed by atoms with van der Waals surface area (Å²) in [5.41, 5.74) is 1.02. The van der Waals surface area contributed by atoms with Gasteiger partial charge < -0.3 is 15.2 Å². The molecule has 134 valence electrons. The summed E-state index contributed by atoms with van der Waals surface area (Å²) in [6.45, 7) is 4.83. The summed E-state index contributed by atoms with van der Waals surface area (Å²) in [5, 5.41) is 11.4. The van der Waals surface area contributed by atoms with Crippen molar-refractivity contribution in [1.29, 1.82) is 0 Å². The lowest BCUT2D eigenvalue weighted by Crippen LogP contribution is -2.35. The number of aryl methyl sites for hydroxylation is 1. The van der Waals surface area contributed by atoms with Gasteiger partial charge in [0.1, 0.15) is 0 Å². The van der Waals surface area contributed by atoms with Gasteiger partial charge in [0.2, 0.25) is 15.9 Å². The van der Waals surface area contributed by atoms with Crippen molar-refractivity contribution in [3.05, 3.63) is 29.3 Å². The number of carboxylic acids is 1. The van der Waals surface area contributed by atoms with Crippen LogP contribution in [0.15, 0.2) is 18.2 Å². The molecular weight excluding hydrogens is 336 g/mol. The van der Waals surface area contributed by atoms with Crippen LogP contribution in [0, 0.1) is 6.92 Å². The van der Waals surface area contributed by atoms with Crippen LogP contribution in [0.2, 0.25) is 0 Å². The monoisotopic (exact) mass is 358 g/mol. The fourth-order valence-electron chi connectivity index (χ4n) is 1.83. The van der Waals surface area contributed by atoms with E-state index in [1.807, 2.05) is 0 Å². The zero-order chi connectivity index (χ0) is 18.3. The lowest BCUT2D eigenvalue weighted by Gasteiger charge is -2.10. The van der Waals surface area contributed by atoms with Crippen molar-refractivity contribution in [3.63, 3.8) is 0 Å². The Morgan fingerprint density at radius 3 is 2.50 bits per heavy atom. The molecule has 0 aliphatic rings. The van der Waals surface area contributed by atoms with Crippen molar-refractivity contribution in [3.8, 4) is 0 Å². The zero-order valence-electron chi connectivity index (χ0n) is 13.8. The van der Waals surface area contributed by atoms with Gasteiger partial charge in [-0.25, -0.2) is 17.9 Å². The van der Waals surface area contributed by atoms with E-state index in [9.17, 15) is 18.0 Å². The van der Waals surface area contributed by atoms with Gasteiger partial charge in [0.15, 0.2) is 0 Å². The first-order chi connectivity index (χ1) is 11.1. The second-order valence-electron chi connectivity index (χ2n) is 5.44. The lowest BCUT2D eigenvalue weighted by atomic mass is 10.1. The van der Waals surface area contributed by atoms with E-state index in [0.29, 0.717) is 11.3 Å². The molecule has 0 radical (unpaired) electrons. The molecule has 1 amide bonds. The largest absolute Gasteiger partial charge is 0.478 e. The maximum Gasteiger partial charge on any atom is 0.335 e. The third-order valence-corrected chi connectivity index (χ3v) is 4.28. The van der Waals surface area contributed by atoms with Gasteiger partial charge in [-0.3, -0.25) is 4.79 Å². The molecule has 0 atom stereocenters. The summed E-state index contributed by atoms with van der Waals surface area (Å²) in [6, 6.07) is 4.33. The minimum Gasteiger partial charge on any atom is -0.478 e. The second-order valence-corrected chi connectivity index (χ2v) is 7.37. The van der Waals surface area contributed by atoms with Gasteiger partial charge in [-0.05, 0) is 44.5 Å². The minimum absolute atomic E-state index is 0.0461. The SMILES string of the molecule is Cc1cc(NC(=O)CNS(=O)(=O)CCOC(C)C)ccc1C(=O)O. The zero-order valence-corrected chi connectivity index (χ0v) is 14.6. The molecule has 0 saturated heterocycles. The molecule has 3 N–H and O–H groups in total. The first-order valence-corrected chi connectivity index (χ1v) is 8.98. The lowest BCUT2D eigenvalue weighted by molar-refractivity contribution is -0.115. The van der Waals surface area contributed by atoms with E-state index in [1.165, 1.54) is 18.2 Å². The average molecular weight is 358 g/mol. The fraction of sp³-hybridized carbons (Fsp3) is 0.467. The summed E-state index contributed by atoms with van der Waals surface area (Å²) in [7, 11) is -3.60. The number of sulfonamides is 1. The Morgan fingerprint density at radius 1 is 1.29 bits per heavy atom. The number of carboxylic acid groups (broad SMARTS) is 1. The van der Waals surface area contributed by atoms with Crippen LogP contribution in [-0.4, -0.2) is 50.4 Å². The highest BCUT2D eigenvalue weighted by Crippen LogP contribution is 2.15. The highest BCUT2D eigenvalue weighted by molar-refractivity contribution is 7.89. The van der Waals surface area contributed by atoms with Crippen molar-refractivity contribution in [1.82, 2.24) is 4.72 Å². The number of carbonyl (C=O) groups is 2. The summed E-state index contributed by atoms with van der Waals surface area (Å²) in [5.74, 6) is -1.84. The van der Waals surface area contributed by atoms with Gasteiger partial charge in [0.05, 0.1) is 30.6 Å². The second kappa shape index (κ2) is 8.76. The molecule has 0 heterocycles. The van der Waals surface area contributed by atoms with E-state index in [1.54, 1.807) is 20.8 Å². The molecule has 8 nitrogen and oxygen atoms in total. The van der Waals surface area contributed by atoms with E-state index < -0.39 is 28.4 Å². The number of aromatic carboxylic acids is 1. The smallest absolute Gasteiger partial charge is 0.335 e. The van der Waals surface area contributed by atoms with Gasteiger partial charge in [0.25, 0.3) is 0 Å². The van der Waals surface area contributed by atoms with Crippen molar-refractivity contribution < 1.29 is 27.9 Å². The number of nitrogens with one attached hydrogen (secondary N) is 2. The van der Waals surface area contributed by atoms with Crippen LogP contribution in [-0.2, 0) is 19.6 Å². The Hall–Kier alpha value is -1.97. The van der Waals surface area contributed by atoms with E-state index in [2.05, 4.69) is 10.0 Å². The summed E-state index contributed by atoms with van der Waals surface area (Å²) in [4.78, 5) is 22.7. The maximum atomic E-state index is 11.8. The van der Waals surface area contributed by atoms with E-state index >= 15 is 0 Å². The number of hydrogen-bond acceptors (Lipinski definition) is 5. The molecule has 0 unspecified atom stereocenters. The van der Waals surface area contributed by atoms with Crippen molar-refractivity contribution >= 4 is 27.6 Å². The van der Waals surface area contributed by atoms with E-state index in [-0.39, 0.29) is 24.0 Å². The van der Waals surface area contributed by atoms with Gasteiger partial charge >= 0.3 is 5.97 Å². The van der Waals surface area contributed by atoms with Crippen LogP contribution in [0.5, 0.6) is 0 Å². The number of carbonyl (C=O) groups excluding carboxylic acids is 1. The van der Waals surface area contributed by atoms with Crippen molar-refractivity contribution in [2.45, 2.75) is 26.9 Å². The van der Waals surface area contributed by atoms with Crippen LogP contribution in [0.3, 0.4) is 0 Å². The molecule has 1 rings (SSSR count). The standard InChI is InChI=1S/C15H22N2O6S/c1-10(2)23-6-7-24(21,22)16-9-14(18)17-12-4-5-13(15(19)20)11(3)8-12/h4-5,8,10,16H,6-7,9H2,1-3H3,(H,17,18)(H,19,20). The first-order valence-electron chi connectivity index (χ1n) is 7.33. The Labute approximate surface area is 141 Å².